The van der Waals surface area contributed by atoms with Crippen LogP contribution in [0.1, 0.15) is 45.9 Å². The number of rotatable bonds is 4. The Morgan fingerprint density at radius 2 is 1.55 bits per heavy atom. The van der Waals surface area contributed by atoms with Crippen LogP contribution in [-0.4, -0.2) is 30.6 Å². The van der Waals surface area contributed by atoms with Gasteiger partial charge in [0.05, 0.1) is 17.8 Å². The van der Waals surface area contributed by atoms with Crippen LogP contribution in [0.25, 0.3) is 0 Å². The zero-order valence-electron chi connectivity index (χ0n) is 17.9. The van der Waals surface area contributed by atoms with Crippen LogP contribution in [0.4, 0.5) is 0 Å². The second kappa shape index (κ2) is 7.52. The third-order valence-corrected chi connectivity index (χ3v) is 6.60. The van der Waals surface area contributed by atoms with Gasteiger partial charge in [0.2, 0.25) is 5.88 Å². The smallest absolute Gasteiger partial charge is 0.215 e. The van der Waals surface area contributed by atoms with Crippen molar-refractivity contribution >= 4 is 5.71 Å². The van der Waals surface area contributed by atoms with Crippen LogP contribution >= 0.6 is 0 Å². The maximum Gasteiger partial charge on any atom is 0.215 e. The summed E-state index contributed by atoms with van der Waals surface area (Å²) in [6, 6.07) is 22.3. The molecule has 0 saturated carbocycles. The maximum atomic E-state index is 11.3. The number of aromatic hydroxyl groups is 3. The van der Waals surface area contributed by atoms with E-state index >= 15 is 0 Å². The fourth-order valence-electron chi connectivity index (χ4n) is 5.04. The molecule has 3 N–H and O–H groups in total. The van der Waals surface area contributed by atoms with Crippen LogP contribution in [0.15, 0.2) is 77.8 Å². The summed E-state index contributed by atoms with van der Waals surface area (Å²) in [5.41, 5.74) is 5.66. The highest BCUT2D eigenvalue weighted by molar-refractivity contribution is 6.00. The van der Waals surface area contributed by atoms with Gasteiger partial charge in [-0.1, -0.05) is 48.5 Å². The molecule has 0 unspecified atom stereocenters. The molecule has 0 spiro atoms. The third-order valence-electron chi connectivity index (χ3n) is 6.60. The van der Waals surface area contributed by atoms with Gasteiger partial charge in [-0.3, -0.25) is 9.56 Å². The molecule has 33 heavy (non-hydrogen) atoms. The molecule has 1 aliphatic heterocycles. The van der Waals surface area contributed by atoms with Crippen LogP contribution in [0.5, 0.6) is 17.4 Å². The predicted octanol–water partition coefficient (Wildman–Crippen LogP) is 4.47. The molecule has 2 heterocycles. The van der Waals surface area contributed by atoms with Gasteiger partial charge >= 0.3 is 0 Å². The van der Waals surface area contributed by atoms with Crippen molar-refractivity contribution in [1.29, 1.82) is 0 Å². The van der Waals surface area contributed by atoms with E-state index in [4.69, 9.17) is 9.98 Å². The predicted molar refractivity (Wildman–Crippen MR) is 125 cm³/mol. The quantitative estimate of drug-likeness (QED) is 0.439. The van der Waals surface area contributed by atoms with E-state index in [9.17, 15) is 15.3 Å². The first-order valence-corrected chi connectivity index (χ1v) is 11.1. The highest BCUT2D eigenvalue weighted by Gasteiger charge is 2.41. The number of hydrogen-bond donors (Lipinski definition) is 3. The van der Waals surface area contributed by atoms with E-state index in [0.29, 0.717) is 30.8 Å². The number of imidazole rings is 1. The first-order chi connectivity index (χ1) is 16.1. The molecule has 1 aliphatic carbocycles. The van der Waals surface area contributed by atoms with Gasteiger partial charge in [0.15, 0.2) is 5.82 Å². The normalized spacial score (nSPS) is 18.4. The highest BCUT2D eigenvalue weighted by Crippen LogP contribution is 2.48. The second-order valence-corrected chi connectivity index (χ2v) is 8.76. The van der Waals surface area contributed by atoms with Gasteiger partial charge in [-0.25, -0.2) is 4.98 Å². The Bertz CT molecular complexity index is 1370. The molecule has 1 aromatic heterocycles. The van der Waals surface area contributed by atoms with Crippen LogP contribution < -0.4 is 0 Å². The first-order valence-electron chi connectivity index (χ1n) is 11.1. The monoisotopic (exact) mass is 437 g/mol. The molecule has 0 fully saturated rings. The minimum atomic E-state index is -0.131. The van der Waals surface area contributed by atoms with Crippen molar-refractivity contribution < 1.29 is 15.3 Å². The molecular formula is C27H23N3O3. The summed E-state index contributed by atoms with van der Waals surface area (Å²) >= 11 is 0. The second-order valence-electron chi connectivity index (χ2n) is 8.76. The molecule has 3 aromatic carbocycles. The lowest BCUT2D eigenvalue weighted by Gasteiger charge is -2.27. The van der Waals surface area contributed by atoms with E-state index in [1.54, 1.807) is 24.3 Å². The Balaban J connectivity index is 1.45. The van der Waals surface area contributed by atoms with Crippen molar-refractivity contribution in [2.24, 2.45) is 4.99 Å². The van der Waals surface area contributed by atoms with Crippen LogP contribution in [0.2, 0.25) is 0 Å². The van der Waals surface area contributed by atoms with Gasteiger partial charge in [0, 0.05) is 12.8 Å². The van der Waals surface area contributed by atoms with E-state index < -0.39 is 0 Å². The average Bonchev–Trinajstić information content (AvgIpc) is 3.33. The fraction of sp³-hybridized carbons (Fsp3) is 0.185. The molecule has 6 rings (SSSR count). The SMILES string of the molecule is Oc1ccc(Cc2nc3n(c2O)[C@@H]2Cc4cc(O)ccc4[C@H]2N=C3Cc2ccccc2)cc1. The molecule has 0 bridgehead atoms. The largest absolute Gasteiger partial charge is 0.508 e. The molecule has 4 aromatic rings. The van der Waals surface area contributed by atoms with Crippen molar-refractivity contribution in [3.05, 3.63) is 107 Å². The number of fused-ring (bicyclic) bond motifs is 5. The summed E-state index contributed by atoms with van der Waals surface area (Å²) < 4.78 is 1.93. The standard InChI is InChI=1S/C27H23N3O3/c31-19-8-6-17(7-9-19)13-23-27(33)30-24-15-18-14-20(32)10-11-21(18)25(24)28-22(26(30)29-23)12-16-4-2-1-3-5-16/h1-11,14,24-25,31-33H,12-13,15H2/t24-,25-/m1/s1. The molecule has 0 amide bonds. The average molecular weight is 437 g/mol. The first kappa shape index (κ1) is 19.6. The molecular weight excluding hydrogens is 414 g/mol. The number of aromatic nitrogens is 2. The lowest BCUT2D eigenvalue weighted by molar-refractivity contribution is 0.351. The van der Waals surface area contributed by atoms with Crippen LogP contribution in [-0.2, 0) is 19.3 Å². The summed E-state index contributed by atoms with van der Waals surface area (Å²) in [5.74, 6) is 1.30. The minimum Gasteiger partial charge on any atom is -0.508 e. The number of hydrogen-bond acceptors (Lipinski definition) is 5. The van der Waals surface area contributed by atoms with Crippen LogP contribution in [0, 0.1) is 0 Å². The Hall–Kier alpha value is -4.06. The Kier molecular flexibility index (Phi) is 4.47. The van der Waals surface area contributed by atoms with E-state index in [1.807, 2.05) is 41.0 Å². The number of nitrogens with zero attached hydrogens (tertiary/aromatic N) is 3. The van der Waals surface area contributed by atoms with Crippen molar-refractivity contribution in [2.75, 3.05) is 0 Å². The molecule has 2 atom stereocenters. The Morgan fingerprint density at radius 3 is 2.33 bits per heavy atom. The molecule has 164 valence electrons. The van der Waals surface area contributed by atoms with Crippen molar-refractivity contribution in [1.82, 2.24) is 9.55 Å². The zero-order chi connectivity index (χ0) is 22.5. The van der Waals surface area contributed by atoms with Gasteiger partial charge in [-0.15, -0.1) is 0 Å². The number of phenolic OH excluding ortho intramolecular Hbond substituents is 2. The fourth-order valence-corrected chi connectivity index (χ4v) is 5.04. The molecule has 0 saturated heterocycles. The summed E-state index contributed by atoms with van der Waals surface area (Å²) in [6.07, 6.45) is 1.74. The number of aliphatic imine (C=N–C) groups is 1. The summed E-state index contributed by atoms with van der Waals surface area (Å²) in [4.78, 5) is 9.99. The van der Waals surface area contributed by atoms with Gasteiger partial charge in [0.1, 0.15) is 17.2 Å². The van der Waals surface area contributed by atoms with Gasteiger partial charge in [-0.05, 0) is 52.9 Å². The van der Waals surface area contributed by atoms with E-state index in [0.717, 1.165) is 28.0 Å². The highest BCUT2D eigenvalue weighted by atomic mass is 16.3. The Labute approximate surface area is 191 Å². The summed E-state index contributed by atoms with van der Waals surface area (Å²) in [7, 11) is 0. The lowest BCUT2D eigenvalue weighted by Crippen LogP contribution is -2.26. The van der Waals surface area contributed by atoms with Crippen molar-refractivity contribution in [2.45, 2.75) is 31.3 Å². The molecule has 0 radical (unpaired) electrons. The topological polar surface area (TPSA) is 90.9 Å². The van der Waals surface area contributed by atoms with Gasteiger partial charge in [0.25, 0.3) is 0 Å². The van der Waals surface area contributed by atoms with E-state index in [2.05, 4.69) is 12.1 Å². The molecule has 6 heteroatoms. The molecule has 6 nitrogen and oxygen atoms in total. The lowest BCUT2D eigenvalue weighted by atomic mass is 10.0. The number of phenols is 2. The van der Waals surface area contributed by atoms with Gasteiger partial charge in [-0.2, -0.15) is 0 Å². The zero-order valence-corrected chi connectivity index (χ0v) is 17.9. The summed E-state index contributed by atoms with van der Waals surface area (Å²) in [6.45, 7) is 0. The van der Waals surface area contributed by atoms with Crippen LogP contribution in [0.3, 0.4) is 0 Å². The third kappa shape index (κ3) is 3.35. The van der Waals surface area contributed by atoms with E-state index in [1.165, 1.54) is 0 Å². The van der Waals surface area contributed by atoms with Crippen molar-refractivity contribution in [3.8, 4) is 17.4 Å². The molecule has 2 aliphatic rings. The maximum absolute atomic E-state index is 11.3. The van der Waals surface area contributed by atoms with Gasteiger partial charge < -0.3 is 15.3 Å². The summed E-state index contributed by atoms with van der Waals surface area (Å²) in [5, 5.41) is 30.9. The number of benzene rings is 3. The Morgan fingerprint density at radius 1 is 0.818 bits per heavy atom. The van der Waals surface area contributed by atoms with E-state index in [-0.39, 0.29) is 29.5 Å². The minimum absolute atomic E-state index is 0.0857. The van der Waals surface area contributed by atoms with Crippen molar-refractivity contribution in [3.63, 3.8) is 0 Å².